The van der Waals surface area contributed by atoms with Gasteiger partial charge in [0.2, 0.25) is 11.8 Å². The Kier molecular flexibility index (Phi) is 7.59. The van der Waals surface area contributed by atoms with Gasteiger partial charge in [-0.05, 0) is 59.7 Å². The average Bonchev–Trinajstić information content (AvgIpc) is 3.37. The van der Waals surface area contributed by atoms with Crippen LogP contribution in [0.25, 0.3) is 6.08 Å². The van der Waals surface area contributed by atoms with Crippen LogP contribution < -0.4 is 15.4 Å². The number of ether oxygens (including phenoxy) is 1. The first-order valence-corrected chi connectivity index (χ1v) is 10.7. The summed E-state index contributed by atoms with van der Waals surface area (Å²) >= 11 is 0. The lowest BCUT2D eigenvalue weighted by atomic mass is 10.2. The van der Waals surface area contributed by atoms with E-state index in [2.05, 4.69) is 20.7 Å². The zero-order valence-corrected chi connectivity index (χ0v) is 18.6. The zero-order valence-electron chi connectivity index (χ0n) is 18.6. The first-order chi connectivity index (χ1) is 17.0. The summed E-state index contributed by atoms with van der Waals surface area (Å²) in [6.07, 6.45) is 9.24. The van der Waals surface area contributed by atoms with Crippen molar-refractivity contribution in [3.63, 3.8) is 0 Å². The van der Waals surface area contributed by atoms with Crippen LogP contribution in [0.15, 0.2) is 91.5 Å². The van der Waals surface area contributed by atoms with Gasteiger partial charge in [0.25, 0.3) is 0 Å². The molecule has 0 saturated heterocycles. The summed E-state index contributed by atoms with van der Waals surface area (Å²) in [4.78, 5) is 28.3. The van der Waals surface area contributed by atoms with Gasteiger partial charge in [0.15, 0.2) is 11.6 Å². The second kappa shape index (κ2) is 11.4. The summed E-state index contributed by atoms with van der Waals surface area (Å²) in [6.45, 7) is 0.369. The SMILES string of the molecule is O=C(/C=C/c1ccc(Oc2cccnc2)c(F)c1)NCc1cccc(NC(=O)Cn2cccn2)c1. The molecule has 0 radical (unpaired) electrons. The molecule has 0 unspecified atom stereocenters. The molecule has 8 nitrogen and oxygen atoms in total. The molecule has 0 saturated carbocycles. The predicted octanol–water partition coefficient (Wildman–Crippen LogP) is 4.18. The molecule has 0 spiro atoms. The van der Waals surface area contributed by atoms with Crippen molar-refractivity contribution in [3.8, 4) is 11.5 Å². The molecule has 2 N–H and O–H groups in total. The molecule has 0 bridgehead atoms. The third-order valence-corrected chi connectivity index (χ3v) is 4.79. The van der Waals surface area contributed by atoms with Crippen LogP contribution in [0.4, 0.5) is 10.1 Å². The van der Waals surface area contributed by atoms with E-state index >= 15 is 0 Å². The van der Waals surface area contributed by atoms with E-state index in [9.17, 15) is 14.0 Å². The highest BCUT2D eigenvalue weighted by atomic mass is 19.1. The minimum absolute atomic E-state index is 0.0659. The lowest BCUT2D eigenvalue weighted by molar-refractivity contribution is -0.117. The molecular formula is C26H22FN5O3. The van der Waals surface area contributed by atoms with Gasteiger partial charge < -0.3 is 15.4 Å². The summed E-state index contributed by atoms with van der Waals surface area (Å²) in [5.74, 6) is -0.606. The molecule has 0 fully saturated rings. The van der Waals surface area contributed by atoms with Crippen LogP contribution in [0, 0.1) is 5.82 Å². The van der Waals surface area contributed by atoms with Gasteiger partial charge in [-0.3, -0.25) is 19.3 Å². The number of anilines is 1. The number of carbonyl (C=O) groups excluding carboxylic acids is 2. The highest BCUT2D eigenvalue weighted by Crippen LogP contribution is 2.24. The topological polar surface area (TPSA) is 98.1 Å². The number of carbonyl (C=O) groups is 2. The Bertz CT molecular complexity index is 1320. The Morgan fingerprint density at radius 2 is 1.97 bits per heavy atom. The van der Waals surface area contributed by atoms with Crippen LogP contribution in [0.3, 0.4) is 0 Å². The van der Waals surface area contributed by atoms with Gasteiger partial charge in [-0.2, -0.15) is 5.10 Å². The fourth-order valence-electron chi connectivity index (χ4n) is 3.16. The number of benzene rings is 2. The normalized spacial score (nSPS) is 10.8. The first kappa shape index (κ1) is 23.4. The number of pyridine rings is 1. The van der Waals surface area contributed by atoms with Crippen LogP contribution >= 0.6 is 0 Å². The van der Waals surface area contributed by atoms with Gasteiger partial charge in [-0.1, -0.05) is 18.2 Å². The number of nitrogens with one attached hydrogen (secondary N) is 2. The Labute approximate surface area is 201 Å². The molecule has 4 aromatic rings. The second-order valence-electron chi connectivity index (χ2n) is 7.48. The minimum Gasteiger partial charge on any atom is -0.453 e. The van der Waals surface area contributed by atoms with Crippen molar-refractivity contribution >= 4 is 23.6 Å². The van der Waals surface area contributed by atoms with Gasteiger partial charge >= 0.3 is 0 Å². The van der Waals surface area contributed by atoms with Gasteiger partial charge in [-0.25, -0.2) is 4.39 Å². The van der Waals surface area contributed by atoms with E-state index in [4.69, 9.17) is 4.74 Å². The van der Waals surface area contributed by atoms with Crippen LogP contribution in [0.2, 0.25) is 0 Å². The summed E-state index contributed by atoms with van der Waals surface area (Å²) in [5.41, 5.74) is 1.94. The summed E-state index contributed by atoms with van der Waals surface area (Å²) in [6, 6.07) is 16.7. The Balaban J connectivity index is 1.28. The Morgan fingerprint density at radius 3 is 2.74 bits per heavy atom. The lowest BCUT2D eigenvalue weighted by Gasteiger charge is -2.08. The zero-order chi connectivity index (χ0) is 24.5. The van der Waals surface area contributed by atoms with Crippen molar-refractivity contribution in [3.05, 3.63) is 108 Å². The standard InChI is InChI=1S/C26H22FN5O3/c27-23-15-19(7-9-24(23)35-22-6-2-11-28-17-22)8-10-25(33)29-16-20-4-1-5-21(14-20)31-26(34)18-32-13-3-12-30-32/h1-15,17H,16,18H2,(H,29,33)(H,31,34)/b10-8+. The molecular weight excluding hydrogens is 449 g/mol. The monoisotopic (exact) mass is 471 g/mol. The van der Waals surface area contributed by atoms with E-state index < -0.39 is 5.82 Å². The summed E-state index contributed by atoms with van der Waals surface area (Å²) in [5, 5.41) is 9.57. The fourth-order valence-corrected chi connectivity index (χ4v) is 3.16. The molecule has 2 aromatic heterocycles. The predicted molar refractivity (Wildman–Crippen MR) is 129 cm³/mol. The smallest absolute Gasteiger partial charge is 0.246 e. The number of aromatic nitrogens is 3. The molecule has 0 atom stereocenters. The third kappa shape index (κ3) is 7.10. The average molecular weight is 471 g/mol. The number of hydrogen-bond donors (Lipinski definition) is 2. The van der Waals surface area contributed by atoms with Crippen molar-refractivity contribution in [2.24, 2.45) is 0 Å². The summed E-state index contributed by atoms with van der Waals surface area (Å²) in [7, 11) is 0. The molecule has 2 heterocycles. The van der Waals surface area contributed by atoms with Gasteiger partial charge in [0.1, 0.15) is 12.3 Å². The number of halogens is 1. The highest BCUT2D eigenvalue weighted by molar-refractivity contribution is 5.92. The quantitative estimate of drug-likeness (QED) is 0.357. The number of amides is 2. The van der Waals surface area contributed by atoms with Crippen molar-refractivity contribution in [2.75, 3.05) is 5.32 Å². The number of rotatable bonds is 9. The van der Waals surface area contributed by atoms with Gasteiger partial charge in [0, 0.05) is 36.9 Å². The van der Waals surface area contributed by atoms with Crippen molar-refractivity contribution in [1.29, 1.82) is 0 Å². The Morgan fingerprint density at radius 1 is 1.06 bits per heavy atom. The lowest BCUT2D eigenvalue weighted by Crippen LogP contribution is -2.21. The van der Waals surface area contributed by atoms with Crippen molar-refractivity contribution < 1.29 is 18.7 Å². The van der Waals surface area contributed by atoms with Crippen LogP contribution in [0.1, 0.15) is 11.1 Å². The second-order valence-corrected chi connectivity index (χ2v) is 7.48. The molecule has 4 rings (SSSR count). The molecule has 176 valence electrons. The van der Waals surface area contributed by atoms with Crippen LogP contribution in [-0.2, 0) is 22.7 Å². The van der Waals surface area contributed by atoms with E-state index in [1.807, 2.05) is 6.07 Å². The van der Waals surface area contributed by atoms with Gasteiger partial charge in [0.05, 0.1) is 6.20 Å². The van der Waals surface area contributed by atoms with E-state index in [0.29, 0.717) is 17.0 Å². The Hall–Kier alpha value is -4.79. The summed E-state index contributed by atoms with van der Waals surface area (Å²) < 4.78 is 21.3. The molecule has 35 heavy (non-hydrogen) atoms. The minimum atomic E-state index is -0.553. The molecule has 2 aromatic carbocycles. The number of hydrogen-bond acceptors (Lipinski definition) is 5. The highest BCUT2D eigenvalue weighted by Gasteiger charge is 2.07. The molecule has 2 amide bonds. The molecule has 0 aliphatic carbocycles. The fraction of sp³-hybridized carbons (Fsp3) is 0.0769. The molecule has 0 aliphatic rings. The van der Waals surface area contributed by atoms with Crippen molar-refractivity contribution in [2.45, 2.75) is 13.1 Å². The largest absolute Gasteiger partial charge is 0.453 e. The maximum atomic E-state index is 14.3. The maximum Gasteiger partial charge on any atom is 0.246 e. The van der Waals surface area contributed by atoms with Crippen molar-refractivity contribution in [1.82, 2.24) is 20.1 Å². The maximum absolute atomic E-state index is 14.3. The first-order valence-electron chi connectivity index (χ1n) is 10.7. The third-order valence-electron chi connectivity index (χ3n) is 4.79. The molecule has 0 aliphatic heterocycles. The van der Waals surface area contributed by atoms with E-state index in [1.54, 1.807) is 61.1 Å². The van der Waals surface area contributed by atoms with Gasteiger partial charge in [-0.15, -0.1) is 0 Å². The van der Waals surface area contributed by atoms with Crippen LogP contribution in [0.5, 0.6) is 11.5 Å². The van der Waals surface area contributed by atoms with E-state index in [1.165, 1.54) is 35.2 Å². The number of nitrogens with zero attached hydrogens (tertiary/aromatic N) is 3. The van der Waals surface area contributed by atoms with E-state index in [-0.39, 0.29) is 30.7 Å². The van der Waals surface area contributed by atoms with Crippen LogP contribution in [-0.4, -0.2) is 26.6 Å². The molecule has 9 heteroatoms. The van der Waals surface area contributed by atoms with E-state index in [0.717, 1.165) is 5.56 Å².